The van der Waals surface area contributed by atoms with Crippen LogP contribution in [0.4, 0.5) is 10.1 Å². The number of benzene rings is 3. The fourth-order valence-electron chi connectivity index (χ4n) is 4.11. The molecule has 1 N–H and O–H groups in total. The van der Waals surface area contributed by atoms with Crippen molar-refractivity contribution in [1.82, 2.24) is 10.2 Å². The second-order valence-corrected chi connectivity index (χ2v) is 12.3. The number of hydrogen-bond donors (Lipinski definition) is 1. The highest BCUT2D eigenvalue weighted by Gasteiger charge is 2.34. The zero-order valence-corrected chi connectivity index (χ0v) is 25.0. The monoisotopic (exact) mass is 607 g/mol. The number of nitrogens with one attached hydrogen (secondary N) is 1. The quantitative estimate of drug-likeness (QED) is 0.291. The van der Waals surface area contributed by atoms with Crippen molar-refractivity contribution in [3.05, 3.63) is 93.7 Å². The minimum atomic E-state index is -4.24. The predicted octanol–water partition coefficient (Wildman–Crippen LogP) is 5.97. The molecule has 0 saturated carbocycles. The van der Waals surface area contributed by atoms with Crippen LogP contribution in [0.5, 0.6) is 0 Å². The summed E-state index contributed by atoms with van der Waals surface area (Å²) >= 11 is 12.3. The second-order valence-electron chi connectivity index (χ2n) is 9.66. The van der Waals surface area contributed by atoms with Crippen molar-refractivity contribution in [2.45, 2.75) is 57.6 Å². The van der Waals surface area contributed by atoms with E-state index in [4.69, 9.17) is 23.2 Å². The molecule has 0 radical (unpaired) electrons. The number of halogens is 3. The summed E-state index contributed by atoms with van der Waals surface area (Å²) in [5.74, 6) is -1.56. The molecule has 7 nitrogen and oxygen atoms in total. The molecule has 11 heteroatoms. The Morgan fingerprint density at radius 1 is 0.950 bits per heavy atom. The lowest BCUT2D eigenvalue weighted by Gasteiger charge is -2.33. The molecule has 0 fully saturated rings. The number of carbonyl (C=O) groups is 2. The van der Waals surface area contributed by atoms with Crippen LogP contribution in [0, 0.1) is 12.7 Å². The van der Waals surface area contributed by atoms with Crippen molar-refractivity contribution < 1.29 is 22.4 Å². The zero-order chi connectivity index (χ0) is 29.6. The number of aryl methyl sites for hydroxylation is 1. The van der Waals surface area contributed by atoms with E-state index < -0.39 is 34.3 Å². The Labute approximate surface area is 244 Å². The highest BCUT2D eigenvalue weighted by atomic mass is 35.5. The van der Waals surface area contributed by atoms with E-state index in [0.717, 1.165) is 22.0 Å². The summed E-state index contributed by atoms with van der Waals surface area (Å²) in [5.41, 5.74) is 1.57. The second kappa shape index (κ2) is 13.5. The van der Waals surface area contributed by atoms with Crippen LogP contribution in [-0.2, 0) is 26.2 Å². The molecule has 0 unspecified atom stereocenters. The molecule has 0 saturated heterocycles. The third-order valence-electron chi connectivity index (χ3n) is 6.16. The van der Waals surface area contributed by atoms with Crippen molar-refractivity contribution in [1.29, 1.82) is 0 Å². The molecule has 3 aromatic carbocycles. The lowest BCUT2D eigenvalue weighted by Crippen LogP contribution is -2.53. The molecular formula is C29H32Cl2FN3O4S. The molecule has 0 heterocycles. The molecular weight excluding hydrogens is 576 g/mol. The van der Waals surface area contributed by atoms with E-state index in [9.17, 15) is 22.4 Å². The average Bonchev–Trinajstić information content (AvgIpc) is 2.89. The Morgan fingerprint density at radius 2 is 1.57 bits per heavy atom. The fourth-order valence-corrected chi connectivity index (χ4v) is 5.84. The van der Waals surface area contributed by atoms with Gasteiger partial charge in [-0.05, 0) is 81.3 Å². The number of anilines is 1. The maximum absolute atomic E-state index is 14.0. The van der Waals surface area contributed by atoms with Gasteiger partial charge in [0.05, 0.1) is 20.6 Å². The molecule has 0 aliphatic heterocycles. The van der Waals surface area contributed by atoms with E-state index in [1.165, 1.54) is 29.2 Å². The largest absolute Gasteiger partial charge is 0.352 e. The first kappa shape index (κ1) is 31.4. The summed E-state index contributed by atoms with van der Waals surface area (Å²) in [6, 6.07) is 14.8. The van der Waals surface area contributed by atoms with Gasteiger partial charge in [0.1, 0.15) is 18.4 Å². The van der Waals surface area contributed by atoms with Crippen LogP contribution in [0.1, 0.15) is 38.3 Å². The topological polar surface area (TPSA) is 86.8 Å². The smallest absolute Gasteiger partial charge is 0.264 e. The van der Waals surface area contributed by atoms with Crippen molar-refractivity contribution in [2.75, 3.05) is 10.8 Å². The number of amides is 2. The highest BCUT2D eigenvalue weighted by Crippen LogP contribution is 2.27. The molecule has 0 aliphatic rings. The minimum Gasteiger partial charge on any atom is -0.352 e. The molecule has 3 rings (SSSR count). The van der Waals surface area contributed by atoms with Crippen molar-refractivity contribution >= 4 is 50.7 Å². The summed E-state index contributed by atoms with van der Waals surface area (Å²) < 4.78 is 42.3. The van der Waals surface area contributed by atoms with E-state index in [1.807, 2.05) is 6.92 Å². The Bertz CT molecular complexity index is 1450. The fraction of sp³-hybridized carbons (Fsp3) is 0.310. The SMILES string of the molecule is CC[C@@H](C(=O)NC(C)C)N(Cc1ccc(Cl)c(Cl)c1)C(=O)CN(c1ccc(F)cc1)S(=O)(=O)c1ccc(C)cc1. The van der Waals surface area contributed by atoms with Gasteiger partial charge in [0.25, 0.3) is 10.0 Å². The number of nitrogens with zero attached hydrogens (tertiary/aromatic N) is 2. The maximum Gasteiger partial charge on any atom is 0.264 e. The molecule has 0 aliphatic carbocycles. The lowest BCUT2D eigenvalue weighted by atomic mass is 10.1. The van der Waals surface area contributed by atoms with Gasteiger partial charge < -0.3 is 10.2 Å². The minimum absolute atomic E-state index is 0.0262. The Morgan fingerprint density at radius 3 is 2.12 bits per heavy atom. The van der Waals surface area contributed by atoms with E-state index >= 15 is 0 Å². The summed E-state index contributed by atoms with van der Waals surface area (Å²) in [6.07, 6.45) is 0.271. The standard InChI is InChI=1S/C29H32Cl2FN3O4S/c1-5-27(29(37)33-19(2)3)34(17-21-8-15-25(30)26(31)16-21)28(36)18-35(23-11-9-22(32)10-12-23)40(38,39)24-13-6-20(4)7-14-24/h6-16,19,27H,5,17-18H2,1-4H3,(H,33,37)/t27-/m0/s1. The van der Waals surface area contributed by atoms with Gasteiger partial charge in [-0.15, -0.1) is 0 Å². The highest BCUT2D eigenvalue weighted by molar-refractivity contribution is 7.92. The Kier molecular flexibility index (Phi) is 10.6. The molecule has 1 atom stereocenters. The number of hydrogen-bond acceptors (Lipinski definition) is 4. The van der Waals surface area contributed by atoms with Gasteiger partial charge in [-0.3, -0.25) is 13.9 Å². The van der Waals surface area contributed by atoms with Crippen LogP contribution in [0.15, 0.2) is 71.6 Å². The third kappa shape index (κ3) is 7.74. The van der Waals surface area contributed by atoms with Gasteiger partial charge in [-0.1, -0.05) is 53.9 Å². The first-order chi connectivity index (χ1) is 18.8. The van der Waals surface area contributed by atoms with E-state index in [0.29, 0.717) is 10.6 Å². The average molecular weight is 609 g/mol. The first-order valence-electron chi connectivity index (χ1n) is 12.7. The molecule has 2 amide bonds. The van der Waals surface area contributed by atoms with Crippen LogP contribution in [0.2, 0.25) is 10.0 Å². The molecule has 214 valence electrons. The number of rotatable bonds is 11. The van der Waals surface area contributed by atoms with Gasteiger partial charge in [-0.25, -0.2) is 12.8 Å². The van der Waals surface area contributed by atoms with Crippen LogP contribution in [-0.4, -0.2) is 43.8 Å². The third-order valence-corrected chi connectivity index (χ3v) is 8.68. The summed E-state index contributed by atoms with van der Waals surface area (Å²) in [7, 11) is -4.24. The van der Waals surface area contributed by atoms with Crippen LogP contribution in [0.3, 0.4) is 0 Å². The van der Waals surface area contributed by atoms with Gasteiger partial charge in [0, 0.05) is 12.6 Å². The molecule has 0 spiro atoms. The zero-order valence-electron chi connectivity index (χ0n) is 22.7. The van der Waals surface area contributed by atoms with Crippen molar-refractivity contribution in [2.24, 2.45) is 0 Å². The summed E-state index contributed by atoms with van der Waals surface area (Å²) in [5, 5.41) is 3.45. The van der Waals surface area contributed by atoms with Crippen LogP contribution < -0.4 is 9.62 Å². The summed E-state index contributed by atoms with van der Waals surface area (Å²) in [4.78, 5) is 28.4. The molecule has 3 aromatic rings. The van der Waals surface area contributed by atoms with Crippen molar-refractivity contribution in [3.8, 4) is 0 Å². The van der Waals surface area contributed by atoms with Gasteiger partial charge in [0.2, 0.25) is 11.8 Å². The van der Waals surface area contributed by atoms with Gasteiger partial charge >= 0.3 is 0 Å². The number of sulfonamides is 1. The van der Waals surface area contributed by atoms with E-state index in [1.54, 1.807) is 51.1 Å². The van der Waals surface area contributed by atoms with E-state index in [-0.39, 0.29) is 40.5 Å². The molecule has 40 heavy (non-hydrogen) atoms. The predicted molar refractivity (Wildman–Crippen MR) is 156 cm³/mol. The Balaban J connectivity index is 2.07. The van der Waals surface area contributed by atoms with Crippen LogP contribution >= 0.6 is 23.2 Å². The van der Waals surface area contributed by atoms with Gasteiger partial charge in [-0.2, -0.15) is 0 Å². The van der Waals surface area contributed by atoms with Gasteiger partial charge in [0.15, 0.2) is 0 Å². The van der Waals surface area contributed by atoms with E-state index in [2.05, 4.69) is 5.32 Å². The van der Waals surface area contributed by atoms with Crippen molar-refractivity contribution in [3.63, 3.8) is 0 Å². The number of carbonyl (C=O) groups excluding carboxylic acids is 2. The van der Waals surface area contributed by atoms with Crippen LogP contribution in [0.25, 0.3) is 0 Å². The Hall–Kier alpha value is -3.14. The lowest BCUT2D eigenvalue weighted by molar-refractivity contribution is -0.140. The maximum atomic E-state index is 14.0. The normalized spacial score (nSPS) is 12.2. The molecule has 0 bridgehead atoms. The molecule has 0 aromatic heterocycles. The summed E-state index contributed by atoms with van der Waals surface area (Å²) in [6.45, 7) is 6.54. The first-order valence-corrected chi connectivity index (χ1v) is 14.9.